The van der Waals surface area contributed by atoms with Crippen LogP contribution in [0.3, 0.4) is 0 Å². The molecule has 182 valence electrons. The molecule has 2 unspecified atom stereocenters. The lowest BCUT2D eigenvalue weighted by Gasteiger charge is -2.38. The van der Waals surface area contributed by atoms with Crippen molar-refractivity contribution in [2.75, 3.05) is 18.0 Å². The van der Waals surface area contributed by atoms with E-state index >= 15 is 0 Å². The summed E-state index contributed by atoms with van der Waals surface area (Å²) in [7, 11) is 0. The Balaban J connectivity index is 1.53. The second-order valence-corrected chi connectivity index (χ2v) is 9.24. The smallest absolute Gasteiger partial charge is 0.369 e. The highest BCUT2D eigenvalue weighted by molar-refractivity contribution is 6.31. The predicted octanol–water partition coefficient (Wildman–Crippen LogP) is 5.07. The number of rotatable bonds is 6. The van der Waals surface area contributed by atoms with Crippen molar-refractivity contribution in [3.8, 4) is 0 Å². The van der Waals surface area contributed by atoms with Crippen molar-refractivity contribution in [1.82, 2.24) is 20.9 Å². The summed E-state index contributed by atoms with van der Waals surface area (Å²) in [6.45, 7) is 5.32. The minimum atomic E-state index is -4.47. The zero-order valence-corrected chi connectivity index (χ0v) is 19.9. The quantitative estimate of drug-likeness (QED) is 0.527. The van der Waals surface area contributed by atoms with Gasteiger partial charge in [-0.15, -0.1) is 0 Å². The van der Waals surface area contributed by atoms with Crippen molar-refractivity contribution in [2.24, 2.45) is 5.92 Å². The van der Waals surface area contributed by atoms with E-state index in [-0.39, 0.29) is 18.1 Å². The first-order valence-corrected chi connectivity index (χ1v) is 11.8. The molecule has 2 atom stereocenters. The molecular weight excluding hydrogens is 463 g/mol. The summed E-state index contributed by atoms with van der Waals surface area (Å²) in [6.07, 6.45) is 1.73. The van der Waals surface area contributed by atoms with E-state index < -0.39 is 11.7 Å². The zero-order valence-electron chi connectivity index (χ0n) is 19.2. The van der Waals surface area contributed by atoms with E-state index in [0.29, 0.717) is 25.4 Å². The van der Waals surface area contributed by atoms with Crippen LogP contribution in [-0.2, 0) is 12.6 Å². The van der Waals surface area contributed by atoms with E-state index in [1.54, 1.807) is 11.1 Å². The van der Waals surface area contributed by atoms with E-state index in [4.69, 9.17) is 11.6 Å². The van der Waals surface area contributed by atoms with Crippen molar-refractivity contribution in [3.63, 3.8) is 0 Å². The van der Waals surface area contributed by atoms with Gasteiger partial charge in [-0.2, -0.15) is 13.2 Å². The Morgan fingerprint density at radius 2 is 2.00 bits per heavy atom. The average molecular weight is 492 g/mol. The third kappa shape index (κ3) is 5.56. The standard InChI is InChI=1S/C25H29ClF3N5/c1-16(2)22-32-21-11-15-34(24-19(25(27,28)29)7-5-12-31-24)14-10-18(21)23(33-22)30-13-9-17-6-3-4-8-20(17)26/h3-8,11-12,15-16,22-23,30,32-33H,9-10,13-14H2,1-2H3. The number of aromatic nitrogens is 1. The maximum absolute atomic E-state index is 13.6. The lowest BCUT2D eigenvalue weighted by Crippen LogP contribution is -2.60. The molecular formula is C25H29ClF3N5. The summed E-state index contributed by atoms with van der Waals surface area (Å²) < 4.78 is 40.7. The van der Waals surface area contributed by atoms with Gasteiger partial charge in [0.2, 0.25) is 0 Å². The number of pyridine rings is 1. The molecule has 0 saturated carbocycles. The molecule has 3 heterocycles. The zero-order chi connectivity index (χ0) is 24.3. The Kier molecular flexibility index (Phi) is 7.50. The van der Waals surface area contributed by atoms with Crippen LogP contribution in [-0.4, -0.2) is 30.4 Å². The topological polar surface area (TPSA) is 52.2 Å². The predicted molar refractivity (Wildman–Crippen MR) is 129 cm³/mol. The number of benzene rings is 1. The SMILES string of the molecule is CC(C)C1NC2=C(CCN(c3ncccc3C(F)(F)F)C=C2)C(NCCc2ccccc2Cl)N1. The fourth-order valence-corrected chi connectivity index (χ4v) is 4.50. The Hall–Kier alpha value is -2.55. The van der Waals surface area contributed by atoms with Crippen LogP contribution in [0.25, 0.3) is 0 Å². The van der Waals surface area contributed by atoms with Gasteiger partial charge < -0.3 is 10.2 Å². The van der Waals surface area contributed by atoms with E-state index in [9.17, 15) is 13.2 Å². The molecule has 34 heavy (non-hydrogen) atoms. The number of hydrogen-bond acceptors (Lipinski definition) is 5. The second kappa shape index (κ2) is 10.4. The molecule has 9 heteroatoms. The van der Waals surface area contributed by atoms with Gasteiger partial charge in [-0.05, 0) is 54.2 Å². The van der Waals surface area contributed by atoms with Crippen LogP contribution in [0.1, 0.15) is 31.4 Å². The highest BCUT2D eigenvalue weighted by Gasteiger charge is 2.36. The van der Waals surface area contributed by atoms with Crippen molar-refractivity contribution < 1.29 is 13.2 Å². The fourth-order valence-electron chi connectivity index (χ4n) is 4.27. The molecule has 0 amide bonds. The van der Waals surface area contributed by atoms with Gasteiger partial charge in [0, 0.05) is 36.2 Å². The Bertz CT molecular complexity index is 1070. The van der Waals surface area contributed by atoms with Crippen LogP contribution in [0, 0.1) is 5.92 Å². The Labute approximate surface area is 203 Å². The van der Waals surface area contributed by atoms with Crippen molar-refractivity contribution in [3.05, 3.63) is 82.3 Å². The van der Waals surface area contributed by atoms with Gasteiger partial charge in [0.05, 0.1) is 17.9 Å². The van der Waals surface area contributed by atoms with Crippen molar-refractivity contribution in [1.29, 1.82) is 0 Å². The first kappa shape index (κ1) is 24.6. The molecule has 2 aliphatic heterocycles. The first-order chi connectivity index (χ1) is 16.2. The van der Waals surface area contributed by atoms with Crippen LogP contribution >= 0.6 is 11.6 Å². The third-order valence-corrected chi connectivity index (χ3v) is 6.50. The molecule has 0 radical (unpaired) electrons. The van der Waals surface area contributed by atoms with Crippen LogP contribution < -0.4 is 20.9 Å². The summed E-state index contributed by atoms with van der Waals surface area (Å²) in [5, 5.41) is 11.4. The van der Waals surface area contributed by atoms with Gasteiger partial charge in [-0.3, -0.25) is 10.6 Å². The van der Waals surface area contributed by atoms with E-state index in [1.165, 1.54) is 12.3 Å². The molecule has 4 rings (SSSR count). The number of allylic oxidation sites excluding steroid dienone is 1. The largest absolute Gasteiger partial charge is 0.419 e. The molecule has 0 saturated heterocycles. The monoisotopic (exact) mass is 491 g/mol. The first-order valence-electron chi connectivity index (χ1n) is 11.4. The molecule has 2 aliphatic rings. The van der Waals surface area contributed by atoms with Crippen molar-refractivity contribution in [2.45, 2.75) is 45.2 Å². The van der Waals surface area contributed by atoms with Gasteiger partial charge in [0.15, 0.2) is 0 Å². The van der Waals surface area contributed by atoms with Gasteiger partial charge >= 0.3 is 6.18 Å². The van der Waals surface area contributed by atoms with Gasteiger partial charge in [-0.25, -0.2) is 4.98 Å². The fraction of sp³-hybridized carbons (Fsp3) is 0.400. The summed E-state index contributed by atoms with van der Waals surface area (Å²) in [4.78, 5) is 5.63. The molecule has 2 aromatic rings. The average Bonchev–Trinajstić information content (AvgIpc) is 3.02. The lowest BCUT2D eigenvalue weighted by molar-refractivity contribution is -0.137. The summed E-state index contributed by atoms with van der Waals surface area (Å²) in [5.74, 6) is 0.227. The van der Waals surface area contributed by atoms with E-state index in [0.717, 1.165) is 34.3 Å². The summed E-state index contributed by atoms with van der Waals surface area (Å²) in [5.41, 5.74) is 2.35. The van der Waals surface area contributed by atoms with Gasteiger partial charge in [0.1, 0.15) is 5.82 Å². The second-order valence-electron chi connectivity index (χ2n) is 8.83. The number of halogens is 4. The number of anilines is 1. The number of nitrogens with one attached hydrogen (secondary N) is 3. The van der Waals surface area contributed by atoms with Crippen molar-refractivity contribution >= 4 is 17.4 Å². The Morgan fingerprint density at radius 3 is 2.74 bits per heavy atom. The normalized spacial score (nSPS) is 20.9. The summed E-state index contributed by atoms with van der Waals surface area (Å²) >= 11 is 6.30. The van der Waals surface area contributed by atoms with Crippen LogP contribution in [0.4, 0.5) is 19.0 Å². The molecule has 0 spiro atoms. The number of nitrogens with zero attached hydrogens (tertiary/aromatic N) is 2. The number of hydrogen-bond donors (Lipinski definition) is 3. The van der Waals surface area contributed by atoms with E-state index in [2.05, 4.69) is 34.8 Å². The van der Waals surface area contributed by atoms with Gasteiger partial charge in [-0.1, -0.05) is 43.6 Å². The lowest BCUT2D eigenvalue weighted by atomic mass is 10.00. The summed E-state index contributed by atoms with van der Waals surface area (Å²) in [6, 6.07) is 10.2. The van der Waals surface area contributed by atoms with E-state index in [1.807, 2.05) is 30.3 Å². The molecule has 0 fully saturated rings. The molecule has 3 N–H and O–H groups in total. The molecule has 0 aliphatic carbocycles. The highest BCUT2D eigenvalue weighted by atomic mass is 35.5. The minimum absolute atomic E-state index is 0.0216. The molecule has 0 bridgehead atoms. The highest BCUT2D eigenvalue weighted by Crippen LogP contribution is 2.36. The Morgan fingerprint density at radius 1 is 1.21 bits per heavy atom. The molecule has 1 aromatic carbocycles. The van der Waals surface area contributed by atoms with Crippen LogP contribution in [0.2, 0.25) is 5.02 Å². The third-order valence-electron chi connectivity index (χ3n) is 6.13. The maximum Gasteiger partial charge on any atom is 0.419 e. The number of alkyl halides is 3. The van der Waals surface area contributed by atoms with Gasteiger partial charge in [0.25, 0.3) is 0 Å². The van der Waals surface area contributed by atoms with Crippen LogP contribution in [0.5, 0.6) is 0 Å². The maximum atomic E-state index is 13.6. The molecule has 1 aromatic heterocycles. The minimum Gasteiger partial charge on any atom is -0.369 e. The van der Waals surface area contributed by atoms with Crippen LogP contribution in [0.15, 0.2) is 66.1 Å². The molecule has 5 nitrogen and oxygen atoms in total.